The van der Waals surface area contributed by atoms with E-state index in [-0.39, 0.29) is 12.5 Å². The van der Waals surface area contributed by atoms with E-state index < -0.39 is 11.8 Å². The van der Waals surface area contributed by atoms with E-state index in [4.69, 9.17) is 23.7 Å². The predicted octanol–water partition coefficient (Wildman–Crippen LogP) is 3.36. The first-order valence-electron chi connectivity index (χ1n) is 11.1. The molecule has 0 fully saturated rings. The Kier molecular flexibility index (Phi) is 7.89. The lowest BCUT2D eigenvalue weighted by atomic mass is 10.1. The number of fused-ring (bicyclic) bond motifs is 1. The number of carbonyl (C=O) groups excluding carboxylic acids is 2. The number of ether oxygens (including phenoxy) is 5. The minimum atomic E-state index is -0.634. The Balaban J connectivity index is 1.57. The highest BCUT2D eigenvalue weighted by Crippen LogP contribution is 2.37. The van der Waals surface area contributed by atoms with Crippen molar-refractivity contribution < 1.29 is 33.3 Å². The van der Waals surface area contributed by atoms with Crippen LogP contribution in [0.4, 0.5) is 0 Å². The maximum absolute atomic E-state index is 13.1. The van der Waals surface area contributed by atoms with Crippen molar-refractivity contribution in [2.45, 2.75) is 0 Å². The van der Waals surface area contributed by atoms with E-state index in [2.05, 4.69) is 15.8 Å². The van der Waals surface area contributed by atoms with Gasteiger partial charge < -0.3 is 29.0 Å². The molecule has 0 spiro atoms. The van der Waals surface area contributed by atoms with Gasteiger partial charge in [-0.25, -0.2) is 5.43 Å². The van der Waals surface area contributed by atoms with Crippen molar-refractivity contribution in [3.05, 3.63) is 83.1 Å². The van der Waals surface area contributed by atoms with Crippen molar-refractivity contribution in [2.24, 2.45) is 5.10 Å². The van der Waals surface area contributed by atoms with Crippen LogP contribution >= 0.6 is 0 Å². The minimum Gasteiger partial charge on any atom is -0.493 e. The lowest BCUT2D eigenvalue weighted by Crippen LogP contribution is -2.32. The molecular weight excluding hydrogens is 478 g/mol. The molecule has 0 radical (unpaired) electrons. The van der Waals surface area contributed by atoms with Gasteiger partial charge in [0.05, 0.1) is 27.5 Å². The van der Waals surface area contributed by atoms with E-state index in [0.717, 1.165) is 0 Å². The number of hydrogen-bond acceptors (Lipinski definition) is 8. The number of benzene rings is 3. The number of nitrogens with one attached hydrogen (secondary N) is 2. The number of nitrogens with zero attached hydrogens (tertiary/aromatic N) is 1. The second kappa shape index (κ2) is 11.6. The molecule has 0 bridgehead atoms. The summed E-state index contributed by atoms with van der Waals surface area (Å²) in [5.74, 6) is 1.38. The predicted molar refractivity (Wildman–Crippen MR) is 136 cm³/mol. The molecule has 0 saturated carbocycles. The van der Waals surface area contributed by atoms with Gasteiger partial charge in [-0.15, -0.1) is 0 Å². The number of rotatable bonds is 9. The van der Waals surface area contributed by atoms with E-state index in [1.54, 1.807) is 60.7 Å². The second-order valence-corrected chi connectivity index (χ2v) is 7.65. The molecule has 3 aromatic carbocycles. The molecule has 4 rings (SSSR count). The normalized spacial score (nSPS) is 12.2. The lowest BCUT2D eigenvalue weighted by molar-refractivity contribution is -0.117. The van der Waals surface area contributed by atoms with E-state index >= 15 is 0 Å². The zero-order valence-corrected chi connectivity index (χ0v) is 20.4. The average molecular weight is 504 g/mol. The first-order valence-corrected chi connectivity index (χ1v) is 11.1. The summed E-state index contributed by atoms with van der Waals surface area (Å²) in [7, 11) is 4.51. The largest absolute Gasteiger partial charge is 0.493 e. The van der Waals surface area contributed by atoms with Crippen molar-refractivity contribution in [1.82, 2.24) is 10.7 Å². The van der Waals surface area contributed by atoms with Crippen LogP contribution in [0.3, 0.4) is 0 Å². The van der Waals surface area contributed by atoms with Gasteiger partial charge in [-0.2, -0.15) is 5.10 Å². The maximum Gasteiger partial charge on any atom is 0.287 e. The summed E-state index contributed by atoms with van der Waals surface area (Å²) in [5, 5.41) is 6.69. The van der Waals surface area contributed by atoms with Crippen molar-refractivity contribution in [3.8, 4) is 28.7 Å². The summed E-state index contributed by atoms with van der Waals surface area (Å²) in [6.07, 6.45) is 2.94. The van der Waals surface area contributed by atoms with Crippen LogP contribution in [0.15, 0.2) is 71.5 Å². The van der Waals surface area contributed by atoms with E-state index in [1.165, 1.54) is 33.6 Å². The summed E-state index contributed by atoms with van der Waals surface area (Å²) < 4.78 is 26.7. The van der Waals surface area contributed by atoms with Crippen LogP contribution in [0.2, 0.25) is 0 Å². The van der Waals surface area contributed by atoms with Crippen LogP contribution in [0.25, 0.3) is 6.08 Å². The molecule has 2 amide bonds. The topological polar surface area (TPSA) is 117 Å². The number of amides is 2. The number of hydrogen-bond donors (Lipinski definition) is 2. The molecule has 0 unspecified atom stereocenters. The molecule has 1 heterocycles. The molecular formula is C27H25N3O7. The molecule has 190 valence electrons. The van der Waals surface area contributed by atoms with Gasteiger partial charge in [0.1, 0.15) is 5.70 Å². The molecule has 0 aliphatic carbocycles. The highest BCUT2D eigenvalue weighted by Gasteiger charge is 2.17. The fourth-order valence-electron chi connectivity index (χ4n) is 3.51. The first kappa shape index (κ1) is 25.1. The third-order valence-corrected chi connectivity index (χ3v) is 5.30. The zero-order chi connectivity index (χ0) is 26.2. The van der Waals surface area contributed by atoms with Crippen molar-refractivity contribution in [3.63, 3.8) is 0 Å². The summed E-state index contributed by atoms with van der Waals surface area (Å²) in [4.78, 5) is 25.8. The summed E-state index contributed by atoms with van der Waals surface area (Å²) in [5.41, 5.74) is 4.03. The molecule has 3 aromatic rings. The van der Waals surface area contributed by atoms with E-state index in [0.29, 0.717) is 45.4 Å². The van der Waals surface area contributed by atoms with Crippen LogP contribution < -0.4 is 34.4 Å². The van der Waals surface area contributed by atoms with Crippen molar-refractivity contribution in [1.29, 1.82) is 0 Å². The molecule has 2 N–H and O–H groups in total. The van der Waals surface area contributed by atoms with Crippen LogP contribution in [0.1, 0.15) is 21.5 Å². The number of carbonyl (C=O) groups is 2. The van der Waals surface area contributed by atoms with Gasteiger partial charge in [-0.1, -0.05) is 24.3 Å². The molecule has 37 heavy (non-hydrogen) atoms. The van der Waals surface area contributed by atoms with E-state index in [1.807, 2.05) is 0 Å². The van der Waals surface area contributed by atoms with Crippen LogP contribution in [0, 0.1) is 0 Å². The van der Waals surface area contributed by atoms with Gasteiger partial charge in [-0.05, 0) is 48.0 Å². The Bertz CT molecular complexity index is 1330. The van der Waals surface area contributed by atoms with Gasteiger partial charge >= 0.3 is 0 Å². The van der Waals surface area contributed by atoms with Gasteiger partial charge in [0.15, 0.2) is 23.0 Å². The minimum absolute atomic E-state index is 0.0187. The quantitative estimate of drug-likeness (QED) is 0.261. The molecule has 0 aromatic heterocycles. The summed E-state index contributed by atoms with van der Waals surface area (Å²) >= 11 is 0. The van der Waals surface area contributed by atoms with Gasteiger partial charge in [0.2, 0.25) is 12.5 Å². The second-order valence-electron chi connectivity index (χ2n) is 7.65. The van der Waals surface area contributed by atoms with Crippen molar-refractivity contribution in [2.75, 3.05) is 28.1 Å². The smallest absolute Gasteiger partial charge is 0.287 e. The van der Waals surface area contributed by atoms with Crippen LogP contribution in [0.5, 0.6) is 28.7 Å². The van der Waals surface area contributed by atoms with Crippen LogP contribution in [-0.4, -0.2) is 46.2 Å². The Morgan fingerprint density at radius 2 is 1.57 bits per heavy atom. The Morgan fingerprint density at radius 1 is 0.865 bits per heavy atom. The standard InChI is InChI=1S/C27H25N3O7/c1-33-23-13-18(14-24(34-2)25(23)35-3)15-28-30-27(32)20(29-26(31)19-7-5-4-6-8-19)11-17-9-10-21-22(12-17)37-16-36-21/h4-15H,16H2,1-3H3,(H,29,31)(H,30,32)/b20-11+,28-15+. The van der Waals surface area contributed by atoms with Gasteiger partial charge in [0, 0.05) is 11.1 Å². The van der Waals surface area contributed by atoms with Crippen LogP contribution in [-0.2, 0) is 4.79 Å². The molecule has 0 saturated heterocycles. The van der Waals surface area contributed by atoms with E-state index in [9.17, 15) is 9.59 Å². The fraction of sp³-hybridized carbons (Fsp3) is 0.148. The number of methoxy groups -OCH3 is 3. The Labute approximate surface area is 213 Å². The first-order chi connectivity index (χ1) is 18.0. The van der Waals surface area contributed by atoms with Gasteiger partial charge in [-0.3, -0.25) is 9.59 Å². The maximum atomic E-state index is 13.1. The molecule has 10 nitrogen and oxygen atoms in total. The Morgan fingerprint density at radius 3 is 2.24 bits per heavy atom. The zero-order valence-electron chi connectivity index (χ0n) is 20.4. The van der Waals surface area contributed by atoms with Gasteiger partial charge in [0.25, 0.3) is 11.8 Å². The molecule has 1 aliphatic rings. The lowest BCUT2D eigenvalue weighted by Gasteiger charge is -2.12. The molecule has 0 atom stereocenters. The molecule has 1 aliphatic heterocycles. The number of hydrazone groups is 1. The Hall–Kier alpha value is -4.99. The summed E-state index contributed by atoms with van der Waals surface area (Å²) in [6, 6.07) is 17.1. The fourth-order valence-corrected chi connectivity index (χ4v) is 3.51. The van der Waals surface area contributed by atoms with Crippen molar-refractivity contribution >= 4 is 24.1 Å². The SMILES string of the molecule is COc1cc(/C=N/NC(=O)/C(=C\c2ccc3c(c2)OCO3)NC(=O)c2ccccc2)cc(OC)c1OC. The highest BCUT2D eigenvalue weighted by molar-refractivity contribution is 6.05. The molecule has 10 heteroatoms. The summed E-state index contributed by atoms with van der Waals surface area (Å²) in [6.45, 7) is 0.121. The third-order valence-electron chi connectivity index (χ3n) is 5.30. The average Bonchev–Trinajstić information content (AvgIpc) is 3.40. The monoisotopic (exact) mass is 503 g/mol. The highest BCUT2D eigenvalue weighted by atomic mass is 16.7. The third kappa shape index (κ3) is 5.99.